The molecule has 6 heteroatoms. The van der Waals surface area contributed by atoms with Crippen molar-refractivity contribution in [2.24, 2.45) is 5.92 Å². The molecule has 2 amide bonds. The number of ether oxygens (including phenoxy) is 1. The maximum atomic E-state index is 12.0. The van der Waals surface area contributed by atoms with E-state index in [1.807, 2.05) is 38.2 Å². The molecule has 2 atom stereocenters. The second-order valence-corrected chi connectivity index (χ2v) is 5.90. The molecule has 0 bridgehead atoms. The van der Waals surface area contributed by atoms with Crippen molar-refractivity contribution in [3.8, 4) is 0 Å². The van der Waals surface area contributed by atoms with E-state index < -0.39 is 12.0 Å². The van der Waals surface area contributed by atoms with Crippen LogP contribution in [0.5, 0.6) is 0 Å². The number of fused-ring (bicyclic) bond motifs is 1. The van der Waals surface area contributed by atoms with Gasteiger partial charge >= 0.3 is 12.0 Å². The van der Waals surface area contributed by atoms with Crippen molar-refractivity contribution in [3.63, 3.8) is 0 Å². The van der Waals surface area contributed by atoms with Crippen LogP contribution in [0.4, 0.5) is 4.79 Å². The number of carbonyl (C=O) groups excluding carboxylic acids is 2. The molecule has 0 aliphatic heterocycles. The number of amides is 2. The second kappa shape index (κ2) is 8.38. The van der Waals surface area contributed by atoms with Crippen LogP contribution in [0.1, 0.15) is 25.8 Å². The van der Waals surface area contributed by atoms with Gasteiger partial charge in [-0.05, 0) is 24.0 Å². The zero-order chi connectivity index (χ0) is 17.5. The van der Waals surface area contributed by atoms with Crippen LogP contribution >= 0.6 is 0 Å². The molecule has 0 fully saturated rings. The van der Waals surface area contributed by atoms with E-state index in [0.29, 0.717) is 13.0 Å². The minimum atomic E-state index is -0.631. The van der Waals surface area contributed by atoms with Crippen molar-refractivity contribution in [2.45, 2.75) is 32.7 Å². The van der Waals surface area contributed by atoms with Crippen molar-refractivity contribution in [3.05, 3.63) is 36.0 Å². The van der Waals surface area contributed by atoms with E-state index in [1.165, 1.54) is 7.11 Å². The molecule has 0 unspecified atom stereocenters. The summed E-state index contributed by atoms with van der Waals surface area (Å²) >= 11 is 0. The molecule has 1 aromatic heterocycles. The predicted molar refractivity (Wildman–Crippen MR) is 93.8 cm³/mol. The third kappa shape index (κ3) is 4.28. The molecule has 24 heavy (non-hydrogen) atoms. The highest BCUT2D eigenvalue weighted by Crippen LogP contribution is 2.17. The standard InChI is InChI=1S/C18H25N3O3/c1-4-12(2)16(17(22)24-3)21-18(23)19-10-9-13-11-20-15-8-6-5-7-14(13)15/h5-8,11-12,16,20H,4,9-10H2,1-3H3,(H2,19,21,23)/t12-,16+/m1/s1. The van der Waals surface area contributed by atoms with E-state index in [2.05, 4.69) is 21.7 Å². The van der Waals surface area contributed by atoms with E-state index in [1.54, 1.807) is 0 Å². The highest BCUT2D eigenvalue weighted by atomic mass is 16.5. The first-order chi connectivity index (χ1) is 11.6. The van der Waals surface area contributed by atoms with Crippen LogP contribution in [-0.4, -0.2) is 36.7 Å². The average molecular weight is 331 g/mol. The van der Waals surface area contributed by atoms with Crippen molar-refractivity contribution in [2.75, 3.05) is 13.7 Å². The predicted octanol–water partition coefficient (Wildman–Crippen LogP) is 2.60. The SMILES string of the molecule is CC[C@@H](C)[C@H](NC(=O)NCCc1c[nH]c2ccccc12)C(=O)OC. The normalized spacial score (nSPS) is 13.3. The Labute approximate surface area is 142 Å². The largest absolute Gasteiger partial charge is 0.467 e. The highest BCUT2D eigenvalue weighted by molar-refractivity contribution is 5.84. The molecule has 0 saturated heterocycles. The zero-order valence-corrected chi connectivity index (χ0v) is 14.4. The molecule has 130 valence electrons. The Kier molecular flexibility index (Phi) is 6.23. The lowest BCUT2D eigenvalue weighted by Crippen LogP contribution is -2.49. The topological polar surface area (TPSA) is 83.2 Å². The summed E-state index contributed by atoms with van der Waals surface area (Å²) in [5.41, 5.74) is 2.23. The molecular formula is C18H25N3O3. The first kappa shape index (κ1) is 17.8. The van der Waals surface area contributed by atoms with Crippen molar-refractivity contribution in [1.82, 2.24) is 15.6 Å². The average Bonchev–Trinajstić information content (AvgIpc) is 3.01. The molecule has 1 aromatic carbocycles. The highest BCUT2D eigenvalue weighted by Gasteiger charge is 2.26. The lowest BCUT2D eigenvalue weighted by atomic mass is 9.99. The number of H-pyrrole nitrogens is 1. The van der Waals surface area contributed by atoms with Gasteiger partial charge in [0, 0.05) is 23.6 Å². The summed E-state index contributed by atoms with van der Waals surface area (Å²) in [6.07, 6.45) is 3.44. The van der Waals surface area contributed by atoms with Crippen LogP contribution in [0.2, 0.25) is 0 Å². The summed E-state index contributed by atoms with van der Waals surface area (Å²) in [5.74, 6) is -0.409. The number of aromatic nitrogens is 1. The Balaban J connectivity index is 1.87. The third-order valence-electron chi connectivity index (χ3n) is 4.31. The van der Waals surface area contributed by atoms with Crippen LogP contribution in [0.15, 0.2) is 30.5 Å². The van der Waals surface area contributed by atoms with Gasteiger partial charge in [0.1, 0.15) is 6.04 Å². The number of hydrogen-bond donors (Lipinski definition) is 3. The minimum absolute atomic E-state index is 0.0109. The van der Waals surface area contributed by atoms with Crippen LogP contribution in [-0.2, 0) is 16.0 Å². The summed E-state index contributed by atoms with van der Waals surface area (Å²) in [7, 11) is 1.33. The Hall–Kier alpha value is -2.50. The number of esters is 1. The Morgan fingerprint density at radius 2 is 2.04 bits per heavy atom. The summed E-state index contributed by atoms with van der Waals surface area (Å²) in [4.78, 5) is 27.0. The van der Waals surface area contributed by atoms with Crippen LogP contribution in [0, 0.1) is 5.92 Å². The zero-order valence-electron chi connectivity index (χ0n) is 14.4. The van der Waals surface area contributed by atoms with Gasteiger partial charge < -0.3 is 20.4 Å². The first-order valence-electron chi connectivity index (χ1n) is 8.24. The number of urea groups is 1. The van der Waals surface area contributed by atoms with Gasteiger partial charge in [-0.15, -0.1) is 0 Å². The maximum Gasteiger partial charge on any atom is 0.328 e. The Morgan fingerprint density at radius 3 is 2.75 bits per heavy atom. The van der Waals surface area contributed by atoms with Crippen LogP contribution in [0.3, 0.4) is 0 Å². The monoisotopic (exact) mass is 331 g/mol. The van der Waals surface area contributed by atoms with Crippen LogP contribution < -0.4 is 10.6 Å². The Bertz CT molecular complexity index is 696. The fraction of sp³-hybridized carbons (Fsp3) is 0.444. The summed E-state index contributed by atoms with van der Waals surface area (Å²) in [6.45, 7) is 4.37. The number of rotatable bonds is 7. The van der Waals surface area contributed by atoms with Crippen molar-refractivity contribution >= 4 is 22.9 Å². The number of aromatic amines is 1. The Morgan fingerprint density at radius 1 is 1.29 bits per heavy atom. The molecule has 0 aliphatic rings. The second-order valence-electron chi connectivity index (χ2n) is 5.90. The van der Waals surface area contributed by atoms with Gasteiger partial charge in [-0.2, -0.15) is 0 Å². The van der Waals surface area contributed by atoms with Gasteiger partial charge in [-0.25, -0.2) is 9.59 Å². The summed E-state index contributed by atoms with van der Waals surface area (Å²) < 4.78 is 4.76. The van der Waals surface area contributed by atoms with Crippen LogP contribution in [0.25, 0.3) is 10.9 Å². The van der Waals surface area contributed by atoms with E-state index in [4.69, 9.17) is 4.74 Å². The minimum Gasteiger partial charge on any atom is -0.467 e. The molecule has 6 nitrogen and oxygen atoms in total. The number of carbonyl (C=O) groups is 2. The molecule has 0 saturated carbocycles. The van der Waals surface area contributed by atoms with E-state index in [-0.39, 0.29) is 11.9 Å². The smallest absolute Gasteiger partial charge is 0.328 e. The van der Waals surface area contributed by atoms with E-state index in [9.17, 15) is 9.59 Å². The van der Waals surface area contributed by atoms with Gasteiger partial charge in [0.15, 0.2) is 0 Å². The van der Waals surface area contributed by atoms with Gasteiger partial charge in [0.25, 0.3) is 0 Å². The van der Waals surface area contributed by atoms with E-state index >= 15 is 0 Å². The number of methoxy groups -OCH3 is 1. The fourth-order valence-corrected chi connectivity index (χ4v) is 2.64. The van der Waals surface area contributed by atoms with E-state index in [0.717, 1.165) is 22.9 Å². The van der Waals surface area contributed by atoms with Gasteiger partial charge in [0.2, 0.25) is 0 Å². The molecule has 3 N–H and O–H groups in total. The molecular weight excluding hydrogens is 306 g/mol. The molecule has 1 heterocycles. The number of benzene rings is 1. The maximum absolute atomic E-state index is 12.0. The molecule has 2 aromatic rings. The first-order valence-corrected chi connectivity index (χ1v) is 8.24. The summed E-state index contributed by atoms with van der Waals surface area (Å²) in [5, 5.41) is 6.66. The molecule has 2 rings (SSSR count). The van der Waals surface area contributed by atoms with Crippen molar-refractivity contribution in [1.29, 1.82) is 0 Å². The molecule has 0 spiro atoms. The van der Waals surface area contributed by atoms with Crippen molar-refractivity contribution < 1.29 is 14.3 Å². The molecule has 0 radical (unpaired) electrons. The number of hydrogen-bond acceptors (Lipinski definition) is 3. The molecule has 0 aliphatic carbocycles. The van der Waals surface area contributed by atoms with Gasteiger partial charge in [0.05, 0.1) is 7.11 Å². The fourth-order valence-electron chi connectivity index (χ4n) is 2.64. The van der Waals surface area contributed by atoms with Gasteiger partial charge in [-0.3, -0.25) is 0 Å². The quantitative estimate of drug-likeness (QED) is 0.682. The summed E-state index contributed by atoms with van der Waals surface area (Å²) in [6, 6.07) is 7.06. The lowest BCUT2D eigenvalue weighted by Gasteiger charge is -2.22. The number of para-hydroxylation sites is 1. The van der Waals surface area contributed by atoms with Gasteiger partial charge in [-0.1, -0.05) is 38.5 Å². The third-order valence-corrected chi connectivity index (χ3v) is 4.31. The lowest BCUT2D eigenvalue weighted by molar-refractivity contribution is -0.144. The number of nitrogens with one attached hydrogen (secondary N) is 3.